The van der Waals surface area contributed by atoms with Gasteiger partial charge in [0.25, 0.3) is 0 Å². The molecule has 2 aliphatic rings. The number of fused-ring (bicyclic) bond motifs is 2. The molecule has 94 valence electrons. The molecule has 1 unspecified atom stereocenters. The molecular weight excluding hydrogens is 235 g/mol. The van der Waals surface area contributed by atoms with Gasteiger partial charge in [-0.25, -0.2) is 4.39 Å². The van der Waals surface area contributed by atoms with Crippen LogP contribution in [0.4, 0.5) is 4.39 Å². The lowest BCUT2D eigenvalue weighted by Crippen LogP contribution is -2.38. The Labute approximate surface area is 96.3 Å². The monoisotopic (exact) mass is 246 g/mol. The van der Waals surface area contributed by atoms with Crippen LogP contribution >= 0.6 is 0 Å². The van der Waals surface area contributed by atoms with E-state index in [0.29, 0.717) is 0 Å². The van der Waals surface area contributed by atoms with Gasteiger partial charge in [0.15, 0.2) is 17.7 Å². The molecule has 2 aliphatic heterocycles. The van der Waals surface area contributed by atoms with Crippen molar-refractivity contribution in [3.63, 3.8) is 0 Å². The first kappa shape index (κ1) is 12.0. The van der Waals surface area contributed by atoms with Crippen LogP contribution in [0.5, 0.6) is 0 Å². The second kappa shape index (κ2) is 4.42. The highest BCUT2D eigenvalue weighted by Gasteiger charge is 2.47. The summed E-state index contributed by atoms with van der Waals surface area (Å²) in [6.45, 7) is 2.35. The summed E-state index contributed by atoms with van der Waals surface area (Å²) < 4.78 is 33.7. The van der Waals surface area contributed by atoms with Gasteiger partial charge in [-0.05, 0) is 0 Å². The fourth-order valence-electron chi connectivity index (χ4n) is 1.69. The van der Waals surface area contributed by atoms with Gasteiger partial charge in [0.1, 0.15) is 6.10 Å². The molecule has 2 rings (SSSR count). The third-order valence-electron chi connectivity index (χ3n) is 2.29. The van der Waals surface area contributed by atoms with Crippen molar-refractivity contribution in [1.82, 2.24) is 0 Å². The van der Waals surface area contributed by atoms with E-state index in [4.69, 9.17) is 14.2 Å². The summed E-state index contributed by atoms with van der Waals surface area (Å²) in [7, 11) is 0. The Kier molecular flexibility index (Phi) is 3.12. The highest BCUT2D eigenvalue weighted by atomic mass is 19.1. The Hall–Kier alpha value is -1.47. The maximum Gasteiger partial charge on any atom is 0.307 e. The van der Waals surface area contributed by atoms with E-state index in [2.05, 4.69) is 4.74 Å². The van der Waals surface area contributed by atoms with Crippen molar-refractivity contribution in [2.75, 3.05) is 6.61 Å². The standard InChI is InChI=1S/C10H11FO6/c1-4(12)15-8-6-3-14-10(17-6)9(7(8)11)16-5(2)13/h6,8,10H,3H2,1-2H3/t6-,8?,10-/m1/s1. The number of ether oxygens (including phenoxy) is 4. The van der Waals surface area contributed by atoms with E-state index in [-0.39, 0.29) is 12.4 Å². The Bertz CT molecular complexity index is 390. The smallest absolute Gasteiger partial charge is 0.307 e. The summed E-state index contributed by atoms with van der Waals surface area (Å²) >= 11 is 0. The number of carbonyl (C=O) groups is 2. The molecule has 6 nitrogen and oxygen atoms in total. The van der Waals surface area contributed by atoms with Gasteiger partial charge in [0.2, 0.25) is 6.29 Å². The van der Waals surface area contributed by atoms with Gasteiger partial charge in [-0.1, -0.05) is 0 Å². The summed E-state index contributed by atoms with van der Waals surface area (Å²) in [5.74, 6) is -2.57. The van der Waals surface area contributed by atoms with E-state index in [1.54, 1.807) is 0 Å². The maximum absolute atomic E-state index is 13.9. The lowest BCUT2D eigenvalue weighted by atomic mass is 10.1. The van der Waals surface area contributed by atoms with Crippen LogP contribution in [0.3, 0.4) is 0 Å². The molecular formula is C10H11FO6. The van der Waals surface area contributed by atoms with Crippen molar-refractivity contribution in [3.05, 3.63) is 11.6 Å². The molecule has 7 heteroatoms. The first-order chi connectivity index (χ1) is 7.99. The molecule has 3 atom stereocenters. The zero-order chi connectivity index (χ0) is 12.6. The van der Waals surface area contributed by atoms with Gasteiger partial charge in [-0.2, -0.15) is 0 Å². The van der Waals surface area contributed by atoms with E-state index in [1.807, 2.05) is 0 Å². The molecule has 0 amide bonds. The minimum Gasteiger partial charge on any atom is -0.452 e. The molecule has 0 aromatic heterocycles. The van der Waals surface area contributed by atoms with E-state index < -0.39 is 36.3 Å². The summed E-state index contributed by atoms with van der Waals surface area (Å²) in [5, 5.41) is 0. The molecule has 0 saturated carbocycles. The van der Waals surface area contributed by atoms with E-state index >= 15 is 0 Å². The fourth-order valence-corrected chi connectivity index (χ4v) is 1.69. The summed E-state index contributed by atoms with van der Waals surface area (Å²) in [6, 6.07) is 0. The predicted octanol–water partition coefficient (Wildman–Crippen LogP) is 0.417. The molecule has 0 aromatic rings. The Morgan fingerprint density at radius 1 is 1.35 bits per heavy atom. The largest absolute Gasteiger partial charge is 0.452 e. The highest BCUT2D eigenvalue weighted by molar-refractivity contribution is 5.68. The van der Waals surface area contributed by atoms with Crippen molar-refractivity contribution in [2.45, 2.75) is 32.3 Å². The molecule has 2 bridgehead atoms. The maximum atomic E-state index is 13.9. The van der Waals surface area contributed by atoms with Crippen LogP contribution in [0.25, 0.3) is 0 Å². The third-order valence-corrected chi connectivity index (χ3v) is 2.29. The lowest BCUT2D eigenvalue weighted by Gasteiger charge is -2.26. The average Bonchev–Trinajstić information content (AvgIpc) is 2.65. The number of carbonyl (C=O) groups excluding carboxylic acids is 2. The second-order valence-electron chi connectivity index (χ2n) is 3.68. The SMILES string of the molecule is CC(=O)OC1=C(F)C(OC(C)=O)[C@H]2CO[C@@H]1O2. The number of hydrogen-bond acceptors (Lipinski definition) is 6. The third kappa shape index (κ3) is 2.29. The molecule has 1 fully saturated rings. The number of rotatable bonds is 2. The molecule has 1 saturated heterocycles. The molecule has 0 radical (unpaired) electrons. The van der Waals surface area contributed by atoms with E-state index in [1.165, 1.54) is 0 Å². The Balaban J connectivity index is 2.26. The Morgan fingerprint density at radius 2 is 2.06 bits per heavy atom. The number of esters is 2. The zero-order valence-electron chi connectivity index (χ0n) is 9.27. The molecule has 0 aliphatic carbocycles. The van der Waals surface area contributed by atoms with Crippen molar-refractivity contribution in [3.8, 4) is 0 Å². The lowest BCUT2D eigenvalue weighted by molar-refractivity contribution is -0.161. The second-order valence-corrected chi connectivity index (χ2v) is 3.68. The van der Waals surface area contributed by atoms with Gasteiger partial charge in [0.05, 0.1) is 6.61 Å². The van der Waals surface area contributed by atoms with Crippen molar-refractivity contribution in [2.24, 2.45) is 0 Å². The van der Waals surface area contributed by atoms with Crippen LogP contribution in [-0.4, -0.2) is 37.0 Å². The Morgan fingerprint density at radius 3 is 2.65 bits per heavy atom. The zero-order valence-corrected chi connectivity index (χ0v) is 9.27. The molecule has 17 heavy (non-hydrogen) atoms. The van der Waals surface area contributed by atoms with Gasteiger partial charge >= 0.3 is 11.9 Å². The van der Waals surface area contributed by atoms with Crippen molar-refractivity contribution in [1.29, 1.82) is 0 Å². The summed E-state index contributed by atoms with van der Waals surface area (Å²) in [6.07, 6.45) is -2.97. The number of hydrogen-bond donors (Lipinski definition) is 0. The summed E-state index contributed by atoms with van der Waals surface area (Å²) in [5.41, 5.74) is 0. The van der Waals surface area contributed by atoms with Gasteiger partial charge in [-0.15, -0.1) is 0 Å². The van der Waals surface area contributed by atoms with Crippen LogP contribution in [0.15, 0.2) is 11.6 Å². The number of halogens is 1. The van der Waals surface area contributed by atoms with E-state index in [9.17, 15) is 14.0 Å². The van der Waals surface area contributed by atoms with Crippen molar-refractivity contribution >= 4 is 11.9 Å². The quantitative estimate of drug-likeness (QED) is 0.657. The highest BCUT2D eigenvalue weighted by Crippen LogP contribution is 2.35. The normalized spacial score (nSPS) is 31.4. The van der Waals surface area contributed by atoms with Crippen LogP contribution < -0.4 is 0 Å². The minimum atomic E-state index is -1.22. The van der Waals surface area contributed by atoms with Crippen LogP contribution in [0.1, 0.15) is 13.8 Å². The summed E-state index contributed by atoms with van der Waals surface area (Å²) in [4.78, 5) is 21.7. The van der Waals surface area contributed by atoms with Crippen molar-refractivity contribution < 1.29 is 32.9 Å². The average molecular weight is 246 g/mol. The van der Waals surface area contributed by atoms with Gasteiger partial charge in [-0.3, -0.25) is 9.59 Å². The van der Waals surface area contributed by atoms with Gasteiger partial charge in [0, 0.05) is 13.8 Å². The van der Waals surface area contributed by atoms with Gasteiger partial charge < -0.3 is 18.9 Å². The molecule has 0 aromatic carbocycles. The fraction of sp³-hybridized carbons (Fsp3) is 0.600. The minimum absolute atomic E-state index is 0.0702. The predicted molar refractivity (Wildman–Crippen MR) is 50.1 cm³/mol. The van der Waals surface area contributed by atoms with Crippen LogP contribution in [0.2, 0.25) is 0 Å². The topological polar surface area (TPSA) is 71.1 Å². The molecule has 0 spiro atoms. The first-order valence-electron chi connectivity index (χ1n) is 5.01. The molecule has 0 N–H and O–H groups in total. The first-order valence-corrected chi connectivity index (χ1v) is 5.01. The molecule has 2 heterocycles. The van der Waals surface area contributed by atoms with Crippen LogP contribution in [0, 0.1) is 0 Å². The van der Waals surface area contributed by atoms with Crippen LogP contribution in [-0.2, 0) is 28.5 Å². The van der Waals surface area contributed by atoms with E-state index in [0.717, 1.165) is 13.8 Å².